The number of hydrogen-bond acceptors (Lipinski definition) is 3. The van der Waals surface area contributed by atoms with Crippen molar-refractivity contribution in [3.8, 4) is 5.75 Å². The monoisotopic (exact) mass is 652 g/mol. The van der Waals surface area contributed by atoms with E-state index in [1.165, 1.54) is 0 Å². The largest absolute Gasteiger partial charge is 0.416 e. The SMILES string of the molecule is CC(C)NC(=O)Oc1cc([C@@](Cc2ccccc2)(NC(=O)c2cccc(C(F)(F)F)c2)C2=CC(F)=CC(C(F)(F)F)C2)ccc1F. The van der Waals surface area contributed by atoms with Crippen molar-refractivity contribution in [1.82, 2.24) is 10.6 Å². The molecule has 0 saturated carbocycles. The number of rotatable bonds is 8. The van der Waals surface area contributed by atoms with E-state index in [1.807, 2.05) is 0 Å². The highest BCUT2D eigenvalue weighted by molar-refractivity contribution is 5.95. The van der Waals surface area contributed by atoms with E-state index in [0.717, 1.165) is 42.5 Å². The van der Waals surface area contributed by atoms with Crippen molar-refractivity contribution in [2.75, 3.05) is 0 Å². The first-order valence-corrected chi connectivity index (χ1v) is 13.9. The number of benzene rings is 3. The van der Waals surface area contributed by atoms with Crippen LogP contribution in [0.1, 0.15) is 47.3 Å². The molecule has 1 aliphatic carbocycles. The van der Waals surface area contributed by atoms with E-state index >= 15 is 0 Å². The van der Waals surface area contributed by atoms with Crippen LogP contribution in [0.4, 0.5) is 39.9 Å². The lowest BCUT2D eigenvalue weighted by Crippen LogP contribution is -2.50. The van der Waals surface area contributed by atoms with Gasteiger partial charge in [-0.25, -0.2) is 13.6 Å². The van der Waals surface area contributed by atoms with Crippen molar-refractivity contribution >= 4 is 12.0 Å². The summed E-state index contributed by atoms with van der Waals surface area (Å²) in [5, 5.41) is 4.97. The van der Waals surface area contributed by atoms with E-state index in [4.69, 9.17) is 4.74 Å². The number of alkyl halides is 6. The van der Waals surface area contributed by atoms with Gasteiger partial charge in [-0.15, -0.1) is 0 Å². The second-order valence-corrected chi connectivity index (χ2v) is 11.0. The summed E-state index contributed by atoms with van der Waals surface area (Å²) in [6.45, 7) is 3.22. The van der Waals surface area contributed by atoms with Gasteiger partial charge in [-0.05, 0) is 79.5 Å². The molecule has 0 saturated heterocycles. The molecule has 0 bridgehead atoms. The normalized spacial score (nSPS) is 16.6. The number of allylic oxidation sites excluding steroid dienone is 3. The Hall–Kier alpha value is -4.68. The van der Waals surface area contributed by atoms with Gasteiger partial charge in [0.2, 0.25) is 0 Å². The van der Waals surface area contributed by atoms with Crippen LogP contribution in [-0.2, 0) is 18.1 Å². The molecule has 0 fully saturated rings. The number of amides is 2. The Morgan fingerprint density at radius 2 is 1.59 bits per heavy atom. The van der Waals surface area contributed by atoms with E-state index in [9.17, 15) is 44.7 Å². The molecule has 4 rings (SSSR count). The minimum atomic E-state index is -4.91. The molecule has 46 heavy (non-hydrogen) atoms. The van der Waals surface area contributed by atoms with Crippen LogP contribution in [0.15, 0.2) is 96.3 Å². The molecule has 0 spiro atoms. The summed E-state index contributed by atoms with van der Waals surface area (Å²) in [6, 6.07) is 13.8. The lowest BCUT2D eigenvalue weighted by Gasteiger charge is -2.40. The molecule has 5 nitrogen and oxygen atoms in total. The first-order chi connectivity index (χ1) is 21.5. The predicted molar refractivity (Wildman–Crippen MR) is 153 cm³/mol. The van der Waals surface area contributed by atoms with Crippen molar-refractivity contribution in [2.24, 2.45) is 5.92 Å². The van der Waals surface area contributed by atoms with Crippen molar-refractivity contribution in [1.29, 1.82) is 0 Å². The van der Waals surface area contributed by atoms with Crippen LogP contribution in [0, 0.1) is 11.7 Å². The van der Waals surface area contributed by atoms with E-state index in [-0.39, 0.29) is 17.6 Å². The van der Waals surface area contributed by atoms with Gasteiger partial charge in [0.05, 0.1) is 17.0 Å². The maximum atomic E-state index is 15.0. The van der Waals surface area contributed by atoms with Crippen LogP contribution >= 0.6 is 0 Å². The van der Waals surface area contributed by atoms with Gasteiger partial charge < -0.3 is 15.4 Å². The van der Waals surface area contributed by atoms with E-state index in [2.05, 4.69) is 10.6 Å². The Bertz CT molecular complexity index is 1650. The molecule has 0 heterocycles. The first kappa shape index (κ1) is 34.2. The fourth-order valence-corrected chi connectivity index (χ4v) is 5.08. The van der Waals surface area contributed by atoms with Gasteiger partial charge in [0.1, 0.15) is 5.83 Å². The van der Waals surface area contributed by atoms with Gasteiger partial charge >= 0.3 is 18.4 Å². The van der Waals surface area contributed by atoms with Crippen LogP contribution in [0.25, 0.3) is 0 Å². The number of carbonyl (C=O) groups excluding carboxylic acids is 2. The summed E-state index contributed by atoms with van der Waals surface area (Å²) in [5.41, 5.74) is -3.82. The lowest BCUT2D eigenvalue weighted by atomic mass is 9.72. The van der Waals surface area contributed by atoms with Gasteiger partial charge in [0.25, 0.3) is 5.91 Å². The quantitative estimate of drug-likeness (QED) is 0.240. The molecule has 244 valence electrons. The molecule has 1 aliphatic rings. The summed E-state index contributed by atoms with van der Waals surface area (Å²) in [5.74, 6) is -6.46. The van der Waals surface area contributed by atoms with E-state index in [1.54, 1.807) is 44.2 Å². The van der Waals surface area contributed by atoms with Crippen molar-refractivity contribution in [2.45, 2.75) is 50.6 Å². The average Bonchev–Trinajstić information content (AvgIpc) is 2.97. The second-order valence-electron chi connectivity index (χ2n) is 11.0. The average molecular weight is 653 g/mol. The molecular formula is C33H28F8N2O3. The van der Waals surface area contributed by atoms with Crippen LogP contribution in [-0.4, -0.2) is 24.2 Å². The van der Waals surface area contributed by atoms with Crippen LogP contribution < -0.4 is 15.4 Å². The minimum Gasteiger partial charge on any atom is -0.407 e. The molecular weight excluding hydrogens is 624 g/mol. The van der Waals surface area contributed by atoms with Crippen molar-refractivity contribution < 1.29 is 49.4 Å². The lowest BCUT2D eigenvalue weighted by molar-refractivity contribution is -0.161. The molecule has 1 unspecified atom stereocenters. The highest BCUT2D eigenvalue weighted by atomic mass is 19.4. The molecule has 2 N–H and O–H groups in total. The highest BCUT2D eigenvalue weighted by Gasteiger charge is 2.47. The third-order valence-electron chi connectivity index (χ3n) is 7.21. The Balaban J connectivity index is 1.96. The zero-order valence-electron chi connectivity index (χ0n) is 24.4. The third kappa shape index (κ3) is 8.12. The third-order valence-corrected chi connectivity index (χ3v) is 7.21. The van der Waals surface area contributed by atoms with Crippen molar-refractivity contribution in [3.63, 3.8) is 0 Å². The number of halogens is 8. The molecule has 0 aliphatic heterocycles. The smallest absolute Gasteiger partial charge is 0.407 e. The Morgan fingerprint density at radius 3 is 2.22 bits per heavy atom. The molecule has 3 aromatic rings. The first-order valence-electron chi connectivity index (χ1n) is 13.9. The summed E-state index contributed by atoms with van der Waals surface area (Å²) >= 11 is 0. The Labute approximate surface area is 258 Å². The van der Waals surface area contributed by atoms with Gasteiger partial charge in [0, 0.05) is 18.0 Å². The van der Waals surface area contributed by atoms with Crippen LogP contribution in [0.2, 0.25) is 0 Å². The second kappa shape index (κ2) is 13.4. The zero-order chi connectivity index (χ0) is 33.9. The maximum Gasteiger partial charge on any atom is 0.416 e. The molecule has 3 aromatic carbocycles. The Kier molecular flexibility index (Phi) is 9.93. The molecule has 0 aromatic heterocycles. The number of nitrogens with one attached hydrogen (secondary N) is 2. The minimum absolute atomic E-state index is 0.132. The Morgan fingerprint density at radius 1 is 0.891 bits per heavy atom. The summed E-state index contributed by atoms with van der Waals surface area (Å²) < 4.78 is 118. The van der Waals surface area contributed by atoms with Gasteiger partial charge in [-0.3, -0.25) is 4.79 Å². The molecule has 2 atom stereocenters. The summed E-state index contributed by atoms with van der Waals surface area (Å²) in [7, 11) is 0. The molecule has 2 amide bonds. The van der Waals surface area contributed by atoms with E-state index in [0.29, 0.717) is 17.7 Å². The van der Waals surface area contributed by atoms with Crippen LogP contribution in [0.3, 0.4) is 0 Å². The standard InChI is InChI=1S/C33H28F8N2O3/c1-19(2)42-30(45)46-28-17-22(11-12-27(28)35)31(18-20-7-4-3-5-8-20,24-14-25(33(39,40)41)16-26(34)15-24)43-29(44)21-9-6-10-23(13-21)32(36,37)38/h3-13,15-17,19,25H,14,18H2,1-2H3,(H,42,45)(H,43,44)/t25?,31-/m1/s1. The van der Waals surface area contributed by atoms with Gasteiger partial charge in [-0.2, -0.15) is 26.3 Å². The van der Waals surface area contributed by atoms with Crippen molar-refractivity contribution in [3.05, 3.63) is 124 Å². The topological polar surface area (TPSA) is 67.4 Å². The highest BCUT2D eigenvalue weighted by Crippen LogP contribution is 2.45. The fourth-order valence-electron chi connectivity index (χ4n) is 5.08. The summed E-state index contributed by atoms with van der Waals surface area (Å²) in [4.78, 5) is 26.1. The number of hydrogen-bond donors (Lipinski definition) is 2. The summed E-state index contributed by atoms with van der Waals surface area (Å²) in [6.07, 6.45) is -10.8. The van der Waals surface area contributed by atoms with Gasteiger partial charge in [0.15, 0.2) is 11.6 Å². The molecule has 13 heteroatoms. The number of ether oxygens (including phenoxy) is 1. The number of carbonyl (C=O) groups is 2. The fraction of sp³-hybridized carbons (Fsp3) is 0.273. The van der Waals surface area contributed by atoms with Gasteiger partial charge in [-0.1, -0.05) is 42.5 Å². The van der Waals surface area contributed by atoms with E-state index < -0.39 is 76.8 Å². The predicted octanol–water partition coefficient (Wildman–Crippen LogP) is 8.57. The zero-order valence-corrected chi connectivity index (χ0v) is 24.4. The molecule has 0 radical (unpaired) electrons. The maximum absolute atomic E-state index is 15.0. The van der Waals surface area contributed by atoms with Crippen LogP contribution in [0.5, 0.6) is 5.75 Å².